The number of hydrogen-bond acceptors (Lipinski definition) is 3. The molecule has 0 amide bonds. The molecule has 1 aromatic carbocycles. The number of carbonyl (C=O) groups excluding carboxylic acids is 2. The molecule has 0 saturated carbocycles. The van der Waals surface area contributed by atoms with Crippen LogP contribution in [-0.2, 0) is 21.8 Å². The molecular formula is C12H13ClO3. The predicted octanol–water partition coefficient (Wildman–Crippen LogP) is 2.34. The number of carbonyl (C=O) groups is 2. The molecule has 0 unspecified atom stereocenters. The first kappa shape index (κ1) is 12.7. The van der Waals surface area contributed by atoms with Crippen LogP contribution in [0.5, 0.6) is 0 Å². The topological polar surface area (TPSA) is 43.4 Å². The second kappa shape index (κ2) is 6.28. The summed E-state index contributed by atoms with van der Waals surface area (Å²) >= 11 is 5.79. The van der Waals surface area contributed by atoms with Crippen molar-refractivity contribution in [3.05, 3.63) is 34.9 Å². The van der Waals surface area contributed by atoms with E-state index in [4.69, 9.17) is 11.6 Å². The summed E-state index contributed by atoms with van der Waals surface area (Å²) in [5.74, 6) is -0.0627. The van der Waals surface area contributed by atoms with E-state index in [0.717, 1.165) is 17.4 Å². The van der Waals surface area contributed by atoms with Crippen molar-refractivity contribution in [3.63, 3.8) is 0 Å². The van der Waals surface area contributed by atoms with Crippen molar-refractivity contribution >= 4 is 23.9 Å². The molecule has 0 atom stereocenters. The molecule has 0 aliphatic rings. The molecule has 0 radical (unpaired) electrons. The van der Waals surface area contributed by atoms with Gasteiger partial charge >= 0.3 is 5.97 Å². The number of benzene rings is 1. The Hall–Kier alpha value is -1.35. The van der Waals surface area contributed by atoms with Gasteiger partial charge < -0.3 is 9.53 Å². The van der Waals surface area contributed by atoms with Crippen molar-refractivity contribution in [1.29, 1.82) is 0 Å². The fourth-order valence-corrected chi connectivity index (χ4v) is 1.70. The van der Waals surface area contributed by atoms with Gasteiger partial charge in [-0.2, -0.15) is 0 Å². The van der Waals surface area contributed by atoms with Gasteiger partial charge in [0, 0.05) is 12.3 Å². The van der Waals surface area contributed by atoms with Crippen molar-refractivity contribution in [2.45, 2.75) is 18.7 Å². The molecule has 4 heteroatoms. The molecule has 0 aromatic heterocycles. The Kier molecular flexibility index (Phi) is 4.99. The summed E-state index contributed by atoms with van der Waals surface area (Å²) < 4.78 is 4.62. The van der Waals surface area contributed by atoms with Crippen molar-refractivity contribution in [3.8, 4) is 0 Å². The van der Waals surface area contributed by atoms with Crippen molar-refractivity contribution in [2.75, 3.05) is 7.11 Å². The Bertz CT molecular complexity index is 388. The van der Waals surface area contributed by atoms with Gasteiger partial charge in [-0.05, 0) is 29.7 Å². The van der Waals surface area contributed by atoms with E-state index in [2.05, 4.69) is 4.74 Å². The number of ether oxygens (including phenoxy) is 1. The minimum absolute atomic E-state index is 0.318. The van der Waals surface area contributed by atoms with E-state index >= 15 is 0 Å². The molecule has 1 aromatic rings. The molecule has 0 saturated heterocycles. The van der Waals surface area contributed by atoms with Crippen LogP contribution >= 0.6 is 11.6 Å². The predicted molar refractivity (Wildman–Crippen MR) is 61.7 cm³/mol. The molecule has 0 N–H and O–H groups in total. The van der Waals surface area contributed by atoms with E-state index in [1.54, 1.807) is 12.1 Å². The van der Waals surface area contributed by atoms with Gasteiger partial charge in [0.05, 0.1) is 12.7 Å². The van der Waals surface area contributed by atoms with Crippen LogP contribution in [0.4, 0.5) is 0 Å². The number of alkyl halides is 1. The van der Waals surface area contributed by atoms with Crippen LogP contribution < -0.4 is 0 Å². The SMILES string of the molecule is COC(=O)c1ccc(CCC=O)c(CCl)c1. The van der Waals surface area contributed by atoms with Crippen molar-refractivity contribution in [2.24, 2.45) is 0 Å². The summed E-state index contributed by atoms with van der Waals surface area (Å²) in [4.78, 5) is 21.6. The van der Waals surface area contributed by atoms with Gasteiger partial charge in [0.1, 0.15) is 6.29 Å². The smallest absolute Gasteiger partial charge is 0.337 e. The van der Waals surface area contributed by atoms with E-state index in [-0.39, 0.29) is 5.97 Å². The first-order valence-electron chi connectivity index (χ1n) is 4.92. The largest absolute Gasteiger partial charge is 0.465 e. The van der Waals surface area contributed by atoms with Gasteiger partial charge in [0.2, 0.25) is 0 Å². The van der Waals surface area contributed by atoms with E-state index < -0.39 is 0 Å². The summed E-state index contributed by atoms with van der Waals surface area (Å²) in [5, 5.41) is 0. The molecule has 86 valence electrons. The summed E-state index contributed by atoms with van der Waals surface area (Å²) in [6, 6.07) is 5.20. The van der Waals surface area contributed by atoms with E-state index in [9.17, 15) is 9.59 Å². The Labute approximate surface area is 99.4 Å². The minimum atomic E-state index is -0.381. The molecule has 3 nitrogen and oxygen atoms in total. The highest BCUT2D eigenvalue weighted by molar-refractivity contribution is 6.17. The number of aryl methyl sites for hydroxylation is 1. The number of esters is 1. The lowest BCUT2D eigenvalue weighted by molar-refractivity contribution is -0.107. The van der Waals surface area contributed by atoms with Gasteiger partial charge in [-0.15, -0.1) is 11.6 Å². The Balaban J connectivity index is 2.96. The van der Waals surface area contributed by atoms with Crippen LogP contribution in [0.15, 0.2) is 18.2 Å². The average Bonchev–Trinajstić information content (AvgIpc) is 2.35. The standard InChI is InChI=1S/C12H13ClO3/c1-16-12(15)10-5-4-9(3-2-6-14)11(7-10)8-13/h4-7H,2-3,8H2,1H3. The summed E-state index contributed by atoms with van der Waals surface area (Å²) in [7, 11) is 1.34. The van der Waals surface area contributed by atoms with Gasteiger partial charge in [0.25, 0.3) is 0 Å². The fraction of sp³-hybridized carbons (Fsp3) is 0.333. The van der Waals surface area contributed by atoms with Gasteiger partial charge in [-0.25, -0.2) is 4.79 Å². The molecule has 0 heterocycles. The number of aldehydes is 1. The summed E-state index contributed by atoms with van der Waals surface area (Å²) in [6.07, 6.45) is 1.97. The quantitative estimate of drug-likeness (QED) is 0.451. The van der Waals surface area contributed by atoms with Crippen LogP contribution in [0.3, 0.4) is 0 Å². The Morgan fingerprint density at radius 1 is 1.44 bits per heavy atom. The van der Waals surface area contributed by atoms with Crippen LogP contribution in [0.2, 0.25) is 0 Å². The van der Waals surface area contributed by atoms with Crippen LogP contribution in [0, 0.1) is 0 Å². The Morgan fingerprint density at radius 2 is 2.19 bits per heavy atom. The minimum Gasteiger partial charge on any atom is -0.465 e. The van der Waals surface area contributed by atoms with Crippen LogP contribution in [0.1, 0.15) is 27.9 Å². The third kappa shape index (κ3) is 3.07. The molecule has 0 fully saturated rings. The lowest BCUT2D eigenvalue weighted by Crippen LogP contribution is -2.03. The second-order valence-corrected chi connectivity index (χ2v) is 3.58. The number of hydrogen-bond donors (Lipinski definition) is 0. The zero-order chi connectivity index (χ0) is 12.0. The maximum atomic E-state index is 11.3. The lowest BCUT2D eigenvalue weighted by Gasteiger charge is -2.07. The highest BCUT2D eigenvalue weighted by Gasteiger charge is 2.08. The van der Waals surface area contributed by atoms with E-state index in [1.165, 1.54) is 7.11 Å². The zero-order valence-electron chi connectivity index (χ0n) is 9.03. The van der Waals surface area contributed by atoms with Crippen molar-refractivity contribution in [1.82, 2.24) is 0 Å². The van der Waals surface area contributed by atoms with E-state index in [0.29, 0.717) is 24.3 Å². The molecule has 0 bridgehead atoms. The third-order valence-electron chi connectivity index (χ3n) is 2.30. The molecule has 0 aliphatic heterocycles. The van der Waals surface area contributed by atoms with Gasteiger partial charge in [-0.1, -0.05) is 6.07 Å². The van der Waals surface area contributed by atoms with Crippen LogP contribution in [-0.4, -0.2) is 19.4 Å². The first-order chi connectivity index (χ1) is 7.72. The number of methoxy groups -OCH3 is 1. The maximum absolute atomic E-state index is 11.3. The Morgan fingerprint density at radius 3 is 2.75 bits per heavy atom. The zero-order valence-corrected chi connectivity index (χ0v) is 9.79. The molecule has 1 rings (SSSR count). The summed E-state index contributed by atoms with van der Waals surface area (Å²) in [5.41, 5.74) is 2.34. The monoisotopic (exact) mass is 240 g/mol. The van der Waals surface area contributed by atoms with Gasteiger partial charge in [-0.3, -0.25) is 0 Å². The van der Waals surface area contributed by atoms with Crippen molar-refractivity contribution < 1.29 is 14.3 Å². The number of rotatable bonds is 5. The third-order valence-corrected chi connectivity index (χ3v) is 2.59. The summed E-state index contributed by atoms with van der Waals surface area (Å²) in [6.45, 7) is 0. The highest BCUT2D eigenvalue weighted by Crippen LogP contribution is 2.16. The fourth-order valence-electron chi connectivity index (χ4n) is 1.45. The molecule has 0 aliphatic carbocycles. The maximum Gasteiger partial charge on any atom is 0.337 e. The van der Waals surface area contributed by atoms with Crippen LogP contribution in [0.25, 0.3) is 0 Å². The normalized spacial score (nSPS) is 9.88. The highest BCUT2D eigenvalue weighted by atomic mass is 35.5. The second-order valence-electron chi connectivity index (χ2n) is 3.31. The van der Waals surface area contributed by atoms with Gasteiger partial charge in [0.15, 0.2) is 0 Å². The average molecular weight is 241 g/mol. The molecule has 0 spiro atoms. The lowest BCUT2D eigenvalue weighted by atomic mass is 10.0. The number of halogens is 1. The van der Waals surface area contributed by atoms with E-state index in [1.807, 2.05) is 6.07 Å². The molecular weight excluding hydrogens is 228 g/mol. The molecule has 16 heavy (non-hydrogen) atoms. The first-order valence-corrected chi connectivity index (χ1v) is 5.46.